The Kier molecular flexibility index (Phi) is 6.90. The Morgan fingerprint density at radius 1 is 0.882 bits per heavy atom. The summed E-state index contributed by atoms with van der Waals surface area (Å²) in [4.78, 5) is 31.1. The highest BCUT2D eigenvalue weighted by molar-refractivity contribution is 8.00. The molecule has 174 valence electrons. The number of hydrogen-bond acceptors (Lipinski definition) is 4. The van der Waals surface area contributed by atoms with Gasteiger partial charge < -0.3 is 10.2 Å². The number of rotatable bonds is 4. The number of hydrogen-bond donors (Lipinski definition) is 1. The molecule has 0 bridgehead atoms. The van der Waals surface area contributed by atoms with Crippen LogP contribution in [0.1, 0.15) is 23.6 Å². The Morgan fingerprint density at radius 2 is 1.53 bits per heavy atom. The van der Waals surface area contributed by atoms with Crippen LogP contribution in [-0.4, -0.2) is 53.0 Å². The van der Waals surface area contributed by atoms with E-state index in [9.17, 15) is 9.59 Å². The first-order valence-corrected chi connectivity index (χ1v) is 12.7. The standard InChI is InChI=1S/C27H26ClN3O2S/c28-21-12-10-20(11-13-21)26(19-6-2-1-3-7-19)30-14-16-31(17-15-30)27(33)24-18-25(32)29-22-8-4-5-9-23(22)34-24/h1-13,24,26H,14-18H2,(H,29,32). The van der Waals surface area contributed by atoms with Crippen LogP contribution in [0.3, 0.4) is 0 Å². The number of fused-ring (bicyclic) bond motifs is 1. The van der Waals surface area contributed by atoms with Crippen molar-refractivity contribution < 1.29 is 9.59 Å². The molecule has 2 heterocycles. The van der Waals surface area contributed by atoms with Gasteiger partial charge in [-0.25, -0.2) is 0 Å². The van der Waals surface area contributed by atoms with Gasteiger partial charge >= 0.3 is 0 Å². The number of carbonyl (C=O) groups is 2. The first kappa shape index (κ1) is 23.0. The van der Waals surface area contributed by atoms with Gasteiger partial charge in [-0.05, 0) is 35.4 Å². The van der Waals surface area contributed by atoms with Gasteiger partial charge in [-0.15, -0.1) is 11.8 Å². The zero-order valence-electron chi connectivity index (χ0n) is 18.7. The third kappa shape index (κ3) is 4.99. The van der Waals surface area contributed by atoms with E-state index >= 15 is 0 Å². The summed E-state index contributed by atoms with van der Waals surface area (Å²) in [5.41, 5.74) is 3.19. The molecule has 0 spiro atoms. The number of benzene rings is 3. The second-order valence-electron chi connectivity index (χ2n) is 8.58. The lowest BCUT2D eigenvalue weighted by Gasteiger charge is -2.40. The molecular weight excluding hydrogens is 466 g/mol. The van der Waals surface area contributed by atoms with E-state index in [0.29, 0.717) is 13.1 Å². The average molecular weight is 492 g/mol. The number of piperazine rings is 1. The van der Waals surface area contributed by atoms with Crippen molar-refractivity contribution >= 4 is 40.9 Å². The van der Waals surface area contributed by atoms with Crippen molar-refractivity contribution in [3.63, 3.8) is 0 Å². The quantitative estimate of drug-likeness (QED) is 0.553. The van der Waals surface area contributed by atoms with E-state index in [0.717, 1.165) is 28.7 Å². The zero-order valence-corrected chi connectivity index (χ0v) is 20.3. The molecule has 2 atom stereocenters. The highest BCUT2D eigenvalue weighted by Crippen LogP contribution is 2.36. The number of para-hydroxylation sites is 1. The van der Waals surface area contributed by atoms with Crippen molar-refractivity contribution in [1.82, 2.24) is 9.80 Å². The number of thioether (sulfide) groups is 1. The van der Waals surface area contributed by atoms with Gasteiger partial charge in [0.1, 0.15) is 0 Å². The predicted octanol–water partition coefficient (Wildman–Crippen LogP) is 5.08. The van der Waals surface area contributed by atoms with Crippen molar-refractivity contribution in [1.29, 1.82) is 0 Å². The minimum Gasteiger partial charge on any atom is -0.339 e. The van der Waals surface area contributed by atoms with Gasteiger partial charge in [-0.3, -0.25) is 14.5 Å². The molecular formula is C27H26ClN3O2S. The maximum Gasteiger partial charge on any atom is 0.236 e. The molecule has 2 unspecified atom stereocenters. The van der Waals surface area contributed by atoms with Gasteiger partial charge in [0.15, 0.2) is 0 Å². The highest BCUT2D eigenvalue weighted by atomic mass is 35.5. The van der Waals surface area contributed by atoms with Gasteiger partial charge in [0.25, 0.3) is 0 Å². The zero-order chi connectivity index (χ0) is 23.5. The number of halogens is 1. The van der Waals surface area contributed by atoms with Crippen LogP contribution in [0.15, 0.2) is 83.8 Å². The number of carbonyl (C=O) groups excluding carboxylic acids is 2. The van der Waals surface area contributed by atoms with E-state index in [1.54, 1.807) is 0 Å². The summed E-state index contributed by atoms with van der Waals surface area (Å²) in [6, 6.07) is 26.2. The molecule has 0 saturated carbocycles. The van der Waals surface area contributed by atoms with Crippen LogP contribution in [-0.2, 0) is 9.59 Å². The third-order valence-corrected chi connectivity index (χ3v) is 7.88. The molecule has 2 aliphatic heterocycles. The molecule has 7 heteroatoms. The lowest BCUT2D eigenvalue weighted by molar-refractivity contribution is -0.134. The monoisotopic (exact) mass is 491 g/mol. The molecule has 0 aromatic heterocycles. The molecule has 34 heavy (non-hydrogen) atoms. The van der Waals surface area contributed by atoms with Gasteiger partial charge in [0, 0.05) is 42.5 Å². The summed E-state index contributed by atoms with van der Waals surface area (Å²) in [7, 11) is 0. The maximum absolute atomic E-state index is 13.4. The van der Waals surface area contributed by atoms with Crippen LogP contribution >= 0.6 is 23.4 Å². The maximum atomic E-state index is 13.4. The average Bonchev–Trinajstić information content (AvgIpc) is 3.04. The van der Waals surface area contributed by atoms with Crippen molar-refractivity contribution in [2.45, 2.75) is 22.6 Å². The topological polar surface area (TPSA) is 52.7 Å². The van der Waals surface area contributed by atoms with Gasteiger partial charge in [0.05, 0.1) is 17.0 Å². The van der Waals surface area contributed by atoms with Gasteiger partial charge in [-0.1, -0.05) is 66.2 Å². The molecule has 0 radical (unpaired) electrons. The summed E-state index contributed by atoms with van der Waals surface area (Å²) < 4.78 is 0. The van der Waals surface area contributed by atoms with Crippen LogP contribution in [0.25, 0.3) is 0 Å². The predicted molar refractivity (Wildman–Crippen MR) is 137 cm³/mol. The first-order valence-electron chi connectivity index (χ1n) is 11.5. The summed E-state index contributed by atoms with van der Waals surface area (Å²) in [6.45, 7) is 2.79. The van der Waals surface area contributed by atoms with Crippen molar-refractivity contribution in [3.05, 3.63) is 95.0 Å². The normalized spacial score (nSPS) is 19.6. The van der Waals surface area contributed by atoms with E-state index in [-0.39, 0.29) is 24.3 Å². The van der Waals surface area contributed by atoms with Crippen LogP contribution < -0.4 is 5.32 Å². The van der Waals surface area contributed by atoms with E-state index in [2.05, 4.69) is 46.6 Å². The fourth-order valence-electron chi connectivity index (χ4n) is 4.67. The molecule has 3 aromatic carbocycles. The first-order chi connectivity index (χ1) is 16.6. The molecule has 2 amide bonds. The summed E-state index contributed by atoms with van der Waals surface area (Å²) >= 11 is 7.63. The molecule has 1 saturated heterocycles. The minimum atomic E-state index is -0.406. The fraction of sp³-hybridized carbons (Fsp3) is 0.259. The Bertz CT molecular complexity index is 1160. The smallest absolute Gasteiger partial charge is 0.236 e. The van der Waals surface area contributed by atoms with Crippen molar-refractivity contribution in [3.8, 4) is 0 Å². The molecule has 1 N–H and O–H groups in total. The van der Waals surface area contributed by atoms with Gasteiger partial charge in [-0.2, -0.15) is 0 Å². The lowest BCUT2D eigenvalue weighted by atomic mass is 9.96. The van der Waals surface area contributed by atoms with E-state index in [1.165, 1.54) is 22.9 Å². The molecule has 0 aliphatic carbocycles. The summed E-state index contributed by atoms with van der Waals surface area (Å²) in [5.74, 6) is -0.0689. The minimum absolute atomic E-state index is 0.0410. The van der Waals surface area contributed by atoms with E-state index in [4.69, 9.17) is 11.6 Å². The molecule has 3 aromatic rings. The number of anilines is 1. The Hall–Kier alpha value is -2.80. The number of nitrogens with one attached hydrogen (secondary N) is 1. The second kappa shape index (κ2) is 10.2. The molecule has 5 rings (SSSR count). The van der Waals surface area contributed by atoms with Crippen LogP contribution in [0.5, 0.6) is 0 Å². The van der Waals surface area contributed by atoms with Crippen molar-refractivity contribution in [2.24, 2.45) is 0 Å². The SMILES string of the molecule is O=C1CC(C(=O)N2CCN(C(c3ccccc3)c3ccc(Cl)cc3)CC2)Sc2ccccc2N1. The fourth-order valence-corrected chi connectivity index (χ4v) is 5.99. The Morgan fingerprint density at radius 3 is 2.26 bits per heavy atom. The molecule has 2 aliphatic rings. The molecule has 1 fully saturated rings. The van der Waals surface area contributed by atoms with Crippen LogP contribution in [0.4, 0.5) is 5.69 Å². The van der Waals surface area contributed by atoms with E-state index < -0.39 is 5.25 Å². The largest absolute Gasteiger partial charge is 0.339 e. The van der Waals surface area contributed by atoms with Crippen LogP contribution in [0, 0.1) is 0 Å². The highest BCUT2D eigenvalue weighted by Gasteiger charge is 2.34. The second-order valence-corrected chi connectivity index (χ2v) is 10.3. The summed E-state index contributed by atoms with van der Waals surface area (Å²) in [6.07, 6.45) is 0.190. The lowest BCUT2D eigenvalue weighted by Crippen LogP contribution is -2.52. The Labute approximate surface area is 209 Å². The van der Waals surface area contributed by atoms with Crippen molar-refractivity contribution in [2.75, 3.05) is 31.5 Å². The molecule has 5 nitrogen and oxygen atoms in total. The summed E-state index contributed by atoms with van der Waals surface area (Å²) in [5, 5.41) is 3.24. The van der Waals surface area contributed by atoms with Gasteiger partial charge in [0.2, 0.25) is 11.8 Å². The third-order valence-electron chi connectivity index (χ3n) is 6.37. The van der Waals surface area contributed by atoms with Crippen LogP contribution in [0.2, 0.25) is 5.02 Å². The number of nitrogens with zero attached hydrogens (tertiary/aromatic N) is 2. The van der Waals surface area contributed by atoms with E-state index in [1.807, 2.05) is 47.4 Å². The Balaban J connectivity index is 1.30. The number of amides is 2.